The lowest BCUT2D eigenvalue weighted by atomic mass is 9.90. The van der Waals surface area contributed by atoms with Gasteiger partial charge in [-0.1, -0.05) is 17.9 Å². The van der Waals surface area contributed by atoms with Gasteiger partial charge in [0.1, 0.15) is 35.6 Å². The minimum Gasteiger partial charge on any atom is -0.480 e. The fraction of sp³-hybridized carbons (Fsp3) is 0.387. The topological polar surface area (TPSA) is 149 Å². The first kappa shape index (κ1) is 29.0. The van der Waals surface area contributed by atoms with Gasteiger partial charge in [0, 0.05) is 37.1 Å². The van der Waals surface area contributed by atoms with E-state index in [0.29, 0.717) is 61.0 Å². The fourth-order valence-corrected chi connectivity index (χ4v) is 6.48. The molecular weight excluding hydrogens is 596 g/mol. The summed E-state index contributed by atoms with van der Waals surface area (Å²) < 4.78 is 18.2. The normalized spacial score (nSPS) is 22.0. The van der Waals surface area contributed by atoms with E-state index in [9.17, 15) is 9.90 Å². The Hall–Kier alpha value is -4.71. The number of thiophene rings is 1. The average Bonchev–Trinajstić information content (AvgIpc) is 3.72. The van der Waals surface area contributed by atoms with Crippen LogP contribution in [0.5, 0.6) is 5.88 Å². The molecule has 0 unspecified atom stereocenters. The molecule has 0 radical (unpaired) electrons. The maximum Gasteiger partial charge on any atom is 0.326 e. The highest BCUT2D eigenvalue weighted by Gasteiger charge is 2.50. The quantitative estimate of drug-likeness (QED) is 0.313. The molecule has 3 aliphatic heterocycles. The second-order valence-electron chi connectivity index (χ2n) is 11.2. The maximum absolute atomic E-state index is 12.4. The SMILES string of the molecule is Cc1nc(-c2cccs2)nc(N2C[C@@H](Oc3ncc(C#Cc4cncnc4)cc3N3CCOC4(COC4)[C@@H]3C)C[C@H]2C(=O)O)n1. The number of morpholine rings is 1. The molecule has 1 spiro atoms. The molecule has 3 saturated heterocycles. The second kappa shape index (κ2) is 12.0. The van der Waals surface area contributed by atoms with Crippen LogP contribution in [0, 0.1) is 18.8 Å². The van der Waals surface area contributed by atoms with Crippen LogP contribution >= 0.6 is 11.3 Å². The number of carboxylic acids is 1. The van der Waals surface area contributed by atoms with E-state index in [2.05, 4.69) is 48.6 Å². The summed E-state index contributed by atoms with van der Waals surface area (Å²) in [5, 5.41) is 12.1. The van der Waals surface area contributed by atoms with Gasteiger partial charge in [0.25, 0.3) is 0 Å². The lowest BCUT2D eigenvalue weighted by Gasteiger charge is -2.53. The summed E-state index contributed by atoms with van der Waals surface area (Å²) in [6.45, 7) is 6.31. The molecule has 1 N–H and O–H groups in total. The largest absolute Gasteiger partial charge is 0.480 e. The molecule has 0 amide bonds. The Balaban J connectivity index is 1.20. The lowest BCUT2D eigenvalue weighted by molar-refractivity contribution is -0.228. The number of hydrogen-bond acceptors (Lipinski definition) is 13. The highest BCUT2D eigenvalue weighted by molar-refractivity contribution is 7.13. The zero-order chi connectivity index (χ0) is 31.0. The molecule has 7 rings (SSSR count). The van der Waals surface area contributed by atoms with E-state index in [0.717, 1.165) is 10.6 Å². The third kappa shape index (κ3) is 5.77. The van der Waals surface area contributed by atoms with Crippen LogP contribution in [0.2, 0.25) is 0 Å². The first-order chi connectivity index (χ1) is 21.9. The molecule has 7 heterocycles. The molecule has 4 aromatic rings. The first-order valence-electron chi connectivity index (χ1n) is 14.6. The van der Waals surface area contributed by atoms with Crippen LogP contribution < -0.4 is 14.5 Å². The summed E-state index contributed by atoms with van der Waals surface area (Å²) in [5.74, 6) is 6.99. The number of nitrogens with zero attached hydrogens (tertiary/aromatic N) is 8. The van der Waals surface area contributed by atoms with Crippen molar-refractivity contribution >= 4 is 28.9 Å². The van der Waals surface area contributed by atoms with Gasteiger partial charge in [-0.15, -0.1) is 11.3 Å². The fourth-order valence-electron chi connectivity index (χ4n) is 5.82. The van der Waals surface area contributed by atoms with Crippen molar-refractivity contribution in [3.05, 3.63) is 65.4 Å². The summed E-state index contributed by atoms with van der Waals surface area (Å²) >= 11 is 1.51. The summed E-state index contributed by atoms with van der Waals surface area (Å²) in [6, 6.07) is 4.90. The van der Waals surface area contributed by atoms with Gasteiger partial charge in [0.15, 0.2) is 5.82 Å². The number of pyridine rings is 1. The molecule has 3 fully saturated rings. The third-order valence-corrected chi connectivity index (χ3v) is 9.12. The van der Waals surface area contributed by atoms with Crippen LogP contribution in [-0.2, 0) is 14.3 Å². The predicted octanol–water partition coefficient (Wildman–Crippen LogP) is 2.60. The Labute approximate surface area is 263 Å². The third-order valence-electron chi connectivity index (χ3n) is 8.26. The van der Waals surface area contributed by atoms with Crippen LogP contribution in [0.1, 0.15) is 30.3 Å². The predicted molar refractivity (Wildman–Crippen MR) is 164 cm³/mol. The Morgan fingerprint density at radius 2 is 1.96 bits per heavy atom. The molecule has 230 valence electrons. The number of hydrogen-bond donors (Lipinski definition) is 1. The Morgan fingerprint density at radius 3 is 2.69 bits per heavy atom. The summed E-state index contributed by atoms with van der Waals surface area (Å²) in [5.41, 5.74) is 1.73. The molecule has 4 aromatic heterocycles. The molecule has 0 aliphatic carbocycles. The van der Waals surface area contributed by atoms with E-state index in [-0.39, 0.29) is 19.0 Å². The molecule has 45 heavy (non-hydrogen) atoms. The Morgan fingerprint density at radius 1 is 1.13 bits per heavy atom. The van der Waals surface area contributed by atoms with Gasteiger partial charge in [0.2, 0.25) is 11.8 Å². The number of carbonyl (C=O) groups is 1. The molecule has 14 heteroatoms. The van der Waals surface area contributed by atoms with E-state index < -0.39 is 23.7 Å². The van der Waals surface area contributed by atoms with Crippen molar-refractivity contribution in [2.75, 3.05) is 42.7 Å². The molecule has 0 saturated carbocycles. The van der Waals surface area contributed by atoms with E-state index >= 15 is 0 Å². The molecular formula is C31H30N8O5S. The van der Waals surface area contributed by atoms with Gasteiger partial charge < -0.3 is 29.1 Å². The number of aromatic nitrogens is 6. The number of rotatable bonds is 6. The monoisotopic (exact) mass is 626 g/mol. The molecule has 0 bridgehead atoms. The van der Waals surface area contributed by atoms with Crippen LogP contribution in [-0.4, -0.2) is 97.7 Å². The average molecular weight is 627 g/mol. The van der Waals surface area contributed by atoms with Crippen LogP contribution in [0.4, 0.5) is 11.6 Å². The Kier molecular flexibility index (Phi) is 7.74. The highest BCUT2D eigenvalue weighted by Crippen LogP contribution is 2.39. The van der Waals surface area contributed by atoms with Crippen LogP contribution in [0.15, 0.2) is 48.5 Å². The number of aryl methyl sites for hydroxylation is 1. The van der Waals surface area contributed by atoms with E-state index in [1.807, 2.05) is 23.6 Å². The molecule has 13 nitrogen and oxygen atoms in total. The Bertz CT molecular complexity index is 1760. The molecule has 0 aromatic carbocycles. The number of carboxylic acid groups (broad SMARTS) is 1. The minimum absolute atomic E-state index is 0.0226. The zero-order valence-corrected chi connectivity index (χ0v) is 25.5. The lowest BCUT2D eigenvalue weighted by Crippen LogP contribution is -2.68. The van der Waals surface area contributed by atoms with Crippen molar-refractivity contribution < 1.29 is 24.1 Å². The van der Waals surface area contributed by atoms with Gasteiger partial charge in [-0.05, 0) is 31.4 Å². The molecule has 3 aliphatic rings. The highest BCUT2D eigenvalue weighted by atomic mass is 32.1. The summed E-state index contributed by atoms with van der Waals surface area (Å²) in [7, 11) is 0. The molecule has 3 atom stereocenters. The van der Waals surface area contributed by atoms with Crippen molar-refractivity contribution in [1.29, 1.82) is 0 Å². The summed E-state index contributed by atoms with van der Waals surface area (Å²) in [4.78, 5) is 43.6. The van der Waals surface area contributed by atoms with Gasteiger partial charge >= 0.3 is 5.97 Å². The smallest absolute Gasteiger partial charge is 0.326 e. The van der Waals surface area contributed by atoms with Crippen molar-refractivity contribution in [2.45, 2.75) is 44.1 Å². The van der Waals surface area contributed by atoms with Gasteiger partial charge in [0.05, 0.1) is 42.8 Å². The van der Waals surface area contributed by atoms with E-state index in [1.165, 1.54) is 17.7 Å². The van der Waals surface area contributed by atoms with E-state index in [1.54, 1.807) is 30.4 Å². The van der Waals surface area contributed by atoms with Gasteiger partial charge in [-0.25, -0.2) is 24.7 Å². The zero-order valence-electron chi connectivity index (χ0n) is 24.7. The van der Waals surface area contributed by atoms with Gasteiger partial charge in [-0.3, -0.25) is 0 Å². The number of aliphatic carboxylic acids is 1. The number of ether oxygens (including phenoxy) is 3. The van der Waals surface area contributed by atoms with Gasteiger partial charge in [-0.2, -0.15) is 9.97 Å². The number of anilines is 2. The minimum atomic E-state index is -0.978. The van der Waals surface area contributed by atoms with Crippen molar-refractivity contribution in [3.63, 3.8) is 0 Å². The first-order valence-corrected chi connectivity index (χ1v) is 15.4. The van der Waals surface area contributed by atoms with Crippen molar-refractivity contribution in [2.24, 2.45) is 0 Å². The second-order valence-corrected chi connectivity index (χ2v) is 12.1. The van der Waals surface area contributed by atoms with Crippen LogP contribution in [0.3, 0.4) is 0 Å². The van der Waals surface area contributed by atoms with Crippen LogP contribution in [0.25, 0.3) is 10.7 Å². The van der Waals surface area contributed by atoms with Crippen molar-refractivity contribution in [1.82, 2.24) is 29.9 Å². The maximum atomic E-state index is 12.4. The standard InChI is InChI=1S/C31H30N8O5S/c1-19-31(16-42-17-31)43-8-7-38(19)24-10-21(5-6-22-12-32-18-33-13-22)14-34-28(24)44-23-11-25(29(40)41)39(15-23)30-36-20(2)35-27(37-30)26-4-3-9-45-26/h3-4,9-10,12-14,18-19,23,25H,7-8,11,15-17H2,1-2H3,(H,40,41)/t19-,23-,25-/m0/s1. The van der Waals surface area contributed by atoms with E-state index in [4.69, 9.17) is 19.2 Å². The van der Waals surface area contributed by atoms with Crippen molar-refractivity contribution in [3.8, 4) is 28.4 Å². The summed E-state index contributed by atoms with van der Waals surface area (Å²) in [6.07, 6.45) is 6.15.